The smallest absolute Gasteiger partial charge is 0.266 e. The third-order valence-corrected chi connectivity index (χ3v) is 4.51. The van der Waals surface area contributed by atoms with Crippen LogP contribution < -0.4 is 14.8 Å². The van der Waals surface area contributed by atoms with Crippen molar-refractivity contribution in [1.82, 2.24) is 0 Å². The fourth-order valence-electron chi connectivity index (χ4n) is 2.07. The molecule has 0 aliphatic heterocycles. The van der Waals surface area contributed by atoms with Gasteiger partial charge in [-0.25, -0.2) is 0 Å². The fraction of sp³-hybridized carbons (Fsp3) is 0.111. The van der Waals surface area contributed by atoms with Crippen molar-refractivity contribution in [1.29, 1.82) is 5.26 Å². The van der Waals surface area contributed by atoms with Crippen molar-refractivity contribution in [3.63, 3.8) is 0 Å². The van der Waals surface area contributed by atoms with Gasteiger partial charge in [-0.15, -0.1) is 0 Å². The first-order valence-corrected chi connectivity index (χ1v) is 8.33. The molecule has 0 unspecified atom stereocenters. The Labute approximate surface area is 165 Å². The lowest BCUT2D eigenvalue weighted by atomic mass is 10.1. The van der Waals surface area contributed by atoms with Crippen LogP contribution >= 0.6 is 34.8 Å². The molecule has 8 heteroatoms. The van der Waals surface area contributed by atoms with Crippen LogP contribution in [-0.2, 0) is 4.79 Å². The summed E-state index contributed by atoms with van der Waals surface area (Å²) in [7, 11) is 2.95. The third kappa shape index (κ3) is 4.41. The Bertz CT molecular complexity index is 921. The molecule has 0 spiro atoms. The zero-order valence-electron chi connectivity index (χ0n) is 13.8. The Balaban J connectivity index is 2.37. The highest BCUT2D eigenvalue weighted by atomic mass is 35.5. The van der Waals surface area contributed by atoms with Crippen LogP contribution in [0.3, 0.4) is 0 Å². The van der Waals surface area contributed by atoms with Crippen LogP contribution in [0.2, 0.25) is 15.1 Å². The first kappa shape index (κ1) is 19.9. The summed E-state index contributed by atoms with van der Waals surface area (Å²) in [6.45, 7) is 0. The fourth-order valence-corrected chi connectivity index (χ4v) is 2.63. The van der Waals surface area contributed by atoms with E-state index < -0.39 is 5.91 Å². The number of nitrogens with one attached hydrogen (secondary N) is 1. The molecule has 134 valence electrons. The lowest BCUT2D eigenvalue weighted by Gasteiger charge is -2.10. The van der Waals surface area contributed by atoms with Gasteiger partial charge in [0.15, 0.2) is 11.5 Å². The summed E-state index contributed by atoms with van der Waals surface area (Å²) >= 11 is 18.1. The average molecular weight is 412 g/mol. The monoisotopic (exact) mass is 410 g/mol. The Morgan fingerprint density at radius 3 is 2.38 bits per heavy atom. The van der Waals surface area contributed by atoms with Gasteiger partial charge in [0.2, 0.25) is 0 Å². The SMILES string of the molecule is COc1cc(Cl)c(/C=C(/C#N)C(=O)Nc2cccc(Cl)c2Cl)cc1OC. The van der Waals surface area contributed by atoms with Crippen molar-refractivity contribution in [3.8, 4) is 17.6 Å². The molecule has 0 heterocycles. The number of carbonyl (C=O) groups is 1. The summed E-state index contributed by atoms with van der Waals surface area (Å²) < 4.78 is 10.4. The van der Waals surface area contributed by atoms with Gasteiger partial charge in [-0.1, -0.05) is 40.9 Å². The molecule has 2 aromatic carbocycles. The normalized spacial score (nSPS) is 10.8. The van der Waals surface area contributed by atoms with Gasteiger partial charge >= 0.3 is 0 Å². The molecular weight excluding hydrogens is 399 g/mol. The van der Waals surface area contributed by atoms with Gasteiger partial charge in [0.25, 0.3) is 5.91 Å². The summed E-state index contributed by atoms with van der Waals surface area (Å²) in [6, 6.07) is 9.73. The van der Waals surface area contributed by atoms with Gasteiger partial charge in [-0.05, 0) is 29.8 Å². The number of hydrogen-bond acceptors (Lipinski definition) is 4. The van der Waals surface area contributed by atoms with Crippen LogP contribution in [0, 0.1) is 11.3 Å². The molecule has 26 heavy (non-hydrogen) atoms. The number of ether oxygens (including phenoxy) is 2. The number of benzene rings is 2. The van der Waals surface area contributed by atoms with E-state index in [0.29, 0.717) is 27.8 Å². The summed E-state index contributed by atoms with van der Waals surface area (Å²) in [6.07, 6.45) is 1.35. The number of methoxy groups -OCH3 is 2. The predicted molar refractivity (Wildman–Crippen MR) is 103 cm³/mol. The van der Waals surface area contributed by atoms with Crippen LogP contribution in [0.1, 0.15) is 5.56 Å². The Morgan fingerprint density at radius 2 is 1.77 bits per heavy atom. The molecule has 0 fully saturated rings. The predicted octanol–water partition coefficient (Wildman–Crippen LogP) is 5.21. The molecule has 1 N–H and O–H groups in total. The van der Waals surface area contributed by atoms with Crippen molar-refractivity contribution < 1.29 is 14.3 Å². The maximum atomic E-state index is 12.4. The van der Waals surface area contributed by atoms with E-state index in [0.717, 1.165) is 0 Å². The number of amides is 1. The number of rotatable bonds is 5. The summed E-state index contributed by atoms with van der Waals surface area (Å²) in [4.78, 5) is 12.4. The standard InChI is InChI=1S/C18H13Cl3N2O3/c1-25-15-7-10(13(20)8-16(15)26-2)6-11(9-22)18(24)23-14-5-3-4-12(19)17(14)21/h3-8H,1-2H3,(H,23,24)/b11-6-. The number of halogens is 3. The minimum absolute atomic E-state index is 0.171. The van der Waals surface area contributed by atoms with Crippen molar-refractivity contribution in [3.05, 3.63) is 56.5 Å². The van der Waals surface area contributed by atoms with E-state index in [-0.39, 0.29) is 15.6 Å². The van der Waals surface area contributed by atoms with E-state index in [4.69, 9.17) is 44.3 Å². The quantitative estimate of drug-likeness (QED) is 0.541. The maximum absolute atomic E-state index is 12.4. The largest absolute Gasteiger partial charge is 0.493 e. The Hall–Kier alpha value is -2.39. The van der Waals surface area contributed by atoms with Crippen molar-refractivity contribution >= 4 is 52.5 Å². The number of nitriles is 1. The molecule has 2 rings (SSSR count). The second kappa shape index (κ2) is 8.81. The van der Waals surface area contributed by atoms with Gasteiger partial charge < -0.3 is 14.8 Å². The van der Waals surface area contributed by atoms with E-state index in [1.54, 1.807) is 24.3 Å². The van der Waals surface area contributed by atoms with Crippen molar-refractivity contribution in [2.45, 2.75) is 0 Å². The zero-order valence-corrected chi connectivity index (χ0v) is 16.0. The number of hydrogen-bond donors (Lipinski definition) is 1. The molecule has 1 amide bonds. The molecule has 0 saturated carbocycles. The molecule has 0 atom stereocenters. The lowest BCUT2D eigenvalue weighted by molar-refractivity contribution is -0.112. The second-order valence-corrected chi connectivity index (χ2v) is 6.15. The second-order valence-electron chi connectivity index (χ2n) is 4.95. The van der Waals surface area contributed by atoms with Crippen LogP contribution in [0.5, 0.6) is 11.5 Å². The molecule has 0 saturated heterocycles. The molecule has 0 aliphatic rings. The number of anilines is 1. The molecule has 5 nitrogen and oxygen atoms in total. The van der Waals surface area contributed by atoms with Crippen molar-refractivity contribution in [2.75, 3.05) is 19.5 Å². The minimum atomic E-state index is -0.650. The first-order chi connectivity index (χ1) is 12.4. The highest BCUT2D eigenvalue weighted by Crippen LogP contribution is 2.34. The highest BCUT2D eigenvalue weighted by Gasteiger charge is 2.15. The molecular formula is C18H13Cl3N2O3. The van der Waals surface area contributed by atoms with E-state index in [9.17, 15) is 10.1 Å². The van der Waals surface area contributed by atoms with E-state index >= 15 is 0 Å². The van der Waals surface area contributed by atoms with Gasteiger partial charge in [0.1, 0.15) is 11.6 Å². The van der Waals surface area contributed by atoms with Gasteiger partial charge in [-0.3, -0.25) is 4.79 Å². The first-order valence-electron chi connectivity index (χ1n) is 7.20. The highest BCUT2D eigenvalue weighted by molar-refractivity contribution is 6.44. The summed E-state index contributed by atoms with van der Waals surface area (Å²) in [5.74, 6) is 0.199. The summed E-state index contributed by atoms with van der Waals surface area (Å²) in [5, 5.41) is 12.7. The van der Waals surface area contributed by atoms with Crippen LogP contribution in [0.15, 0.2) is 35.9 Å². The third-order valence-electron chi connectivity index (χ3n) is 3.37. The Kier molecular flexibility index (Phi) is 6.76. The van der Waals surface area contributed by atoms with Gasteiger partial charge in [0, 0.05) is 6.07 Å². The van der Waals surface area contributed by atoms with E-state index in [2.05, 4.69) is 5.32 Å². The molecule has 0 aliphatic carbocycles. The maximum Gasteiger partial charge on any atom is 0.266 e. The number of carbonyl (C=O) groups excluding carboxylic acids is 1. The van der Waals surface area contributed by atoms with Crippen LogP contribution in [0.25, 0.3) is 6.08 Å². The van der Waals surface area contributed by atoms with Crippen molar-refractivity contribution in [2.24, 2.45) is 0 Å². The van der Waals surface area contributed by atoms with Gasteiger partial charge in [0.05, 0.1) is 35.0 Å². The minimum Gasteiger partial charge on any atom is -0.493 e. The van der Waals surface area contributed by atoms with Crippen LogP contribution in [0.4, 0.5) is 5.69 Å². The lowest BCUT2D eigenvalue weighted by Crippen LogP contribution is -2.13. The van der Waals surface area contributed by atoms with Gasteiger partial charge in [-0.2, -0.15) is 5.26 Å². The van der Waals surface area contributed by atoms with E-state index in [1.807, 2.05) is 6.07 Å². The van der Waals surface area contributed by atoms with Crippen LogP contribution in [-0.4, -0.2) is 20.1 Å². The average Bonchev–Trinajstić information content (AvgIpc) is 2.64. The molecule has 2 aromatic rings. The topological polar surface area (TPSA) is 71.3 Å². The molecule has 0 radical (unpaired) electrons. The Morgan fingerprint density at radius 1 is 1.12 bits per heavy atom. The summed E-state index contributed by atoms with van der Waals surface area (Å²) in [5.41, 5.74) is 0.548. The van der Waals surface area contributed by atoms with E-state index in [1.165, 1.54) is 26.4 Å². The number of nitrogens with zero attached hydrogens (tertiary/aromatic N) is 1. The zero-order chi connectivity index (χ0) is 19.3. The molecule has 0 aromatic heterocycles. The molecule has 0 bridgehead atoms.